The lowest BCUT2D eigenvalue weighted by atomic mass is 10.2. The third-order valence-corrected chi connectivity index (χ3v) is 4.61. The minimum Gasteiger partial charge on any atom is -0.464 e. The number of piperazine rings is 1. The van der Waals surface area contributed by atoms with Gasteiger partial charge >= 0.3 is 6.09 Å². The average molecular weight is 370 g/mol. The Morgan fingerprint density at radius 3 is 2.72 bits per heavy atom. The molecule has 0 spiro atoms. The van der Waals surface area contributed by atoms with Gasteiger partial charge in [-0.05, 0) is 27.2 Å². The van der Waals surface area contributed by atoms with Gasteiger partial charge in [0.2, 0.25) is 0 Å². The third-order valence-electron chi connectivity index (χ3n) is 4.32. The predicted octanol–water partition coefficient (Wildman–Crippen LogP) is 2.92. The van der Waals surface area contributed by atoms with Crippen LogP contribution in [0.1, 0.15) is 27.2 Å². The van der Waals surface area contributed by atoms with Crippen LogP contribution in [0.5, 0.6) is 5.75 Å². The average Bonchev–Trinajstić information content (AvgIpc) is 3.13. The van der Waals surface area contributed by atoms with Crippen molar-refractivity contribution < 1.29 is 19.0 Å². The lowest BCUT2D eigenvalue weighted by molar-refractivity contribution is 0.0214. The van der Waals surface area contributed by atoms with E-state index in [0.29, 0.717) is 17.4 Å². The number of rotatable bonds is 4. The summed E-state index contributed by atoms with van der Waals surface area (Å²) in [5.41, 5.74) is 0.457. The van der Waals surface area contributed by atoms with E-state index in [0.717, 1.165) is 18.7 Å². The third kappa shape index (κ3) is 3.93. The highest BCUT2D eigenvalue weighted by molar-refractivity contribution is 6.30. The quantitative estimate of drug-likeness (QED) is 0.600. The number of aromatic nitrogens is 1. The number of nitrogens with zero attached hydrogens (tertiary/aromatic N) is 3. The first-order valence-electron chi connectivity index (χ1n) is 8.32. The minimum absolute atomic E-state index is 0.114. The van der Waals surface area contributed by atoms with Crippen molar-refractivity contribution in [2.75, 3.05) is 31.9 Å². The van der Waals surface area contributed by atoms with Crippen molar-refractivity contribution >= 4 is 23.4 Å². The molecule has 1 amide bonds. The van der Waals surface area contributed by atoms with Crippen LogP contribution in [-0.4, -0.2) is 60.7 Å². The summed E-state index contributed by atoms with van der Waals surface area (Å²) in [4.78, 5) is 20.6. The van der Waals surface area contributed by atoms with Crippen LogP contribution in [0.4, 0.5) is 10.5 Å². The van der Waals surface area contributed by atoms with Gasteiger partial charge in [0.25, 0.3) is 0 Å². The molecule has 3 heterocycles. The molecule has 2 fully saturated rings. The molecule has 7 nitrogen and oxygen atoms in total. The number of carbonyl (C=O) groups is 1. The van der Waals surface area contributed by atoms with Gasteiger partial charge in [-0.25, -0.2) is 9.78 Å². The van der Waals surface area contributed by atoms with Crippen LogP contribution in [0.3, 0.4) is 0 Å². The summed E-state index contributed by atoms with van der Waals surface area (Å²) >= 11 is 6.06. The van der Waals surface area contributed by atoms with Crippen molar-refractivity contribution in [2.45, 2.75) is 44.9 Å². The number of methoxy groups -OCH3 is 1. The van der Waals surface area contributed by atoms with Gasteiger partial charge in [0.05, 0.1) is 17.9 Å². The highest BCUT2D eigenvalue weighted by Crippen LogP contribution is 2.37. The Hall–Kier alpha value is -1.73. The molecule has 0 unspecified atom stereocenters. The van der Waals surface area contributed by atoms with Crippen LogP contribution in [0.2, 0.25) is 5.15 Å². The highest BCUT2D eigenvalue weighted by Gasteiger charge is 2.46. The van der Waals surface area contributed by atoms with Crippen LogP contribution in [0.15, 0.2) is 12.3 Å². The maximum atomic E-state index is 12.3. The zero-order valence-corrected chi connectivity index (χ0v) is 15.7. The van der Waals surface area contributed by atoms with Gasteiger partial charge in [-0.15, -0.1) is 0 Å². The van der Waals surface area contributed by atoms with E-state index in [-0.39, 0.29) is 25.0 Å². The van der Waals surface area contributed by atoms with Crippen molar-refractivity contribution in [3.8, 4) is 5.75 Å². The fourth-order valence-corrected chi connectivity index (χ4v) is 3.48. The van der Waals surface area contributed by atoms with Crippen molar-refractivity contribution in [3.63, 3.8) is 0 Å². The molecule has 138 valence electrons. The van der Waals surface area contributed by atoms with E-state index < -0.39 is 5.60 Å². The minimum atomic E-state index is -0.480. The highest BCUT2D eigenvalue weighted by atomic mass is 35.5. The molecule has 0 radical (unpaired) electrons. The number of hydrogen-bond donors (Lipinski definition) is 0. The van der Waals surface area contributed by atoms with Crippen molar-refractivity contribution in [1.82, 2.24) is 9.88 Å². The Bertz CT molecular complexity index is 649. The number of amides is 1. The fourth-order valence-electron chi connectivity index (χ4n) is 3.33. The maximum Gasteiger partial charge on any atom is 0.410 e. The molecule has 8 heteroatoms. The molecule has 3 rings (SSSR count). The standard InChI is InChI=1S/C17H24ClN3O4/c1-17(2,3)25-16(22)21-9-12-5-13(21)8-20(12)11-6-14(24-10-23-4)15(18)19-7-11/h6-7,12-13H,5,8-10H2,1-4H3/t12-,13-/m1/s1. The fraction of sp³-hybridized carbons (Fsp3) is 0.647. The number of likely N-dealkylation sites (tertiary alicyclic amines) is 1. The smallest absolute Gasteiger partial charge is 0.410 e. The summed E-state index contributed by atoms with van der Waals surface area (Å²) in [6, 6.07) is 2.27. The normalized spacial score (nSPS) is 22.4. The molecule has 25 heavy (non-hydrogen) atoms. The molecule has 1 aromatic rings. The van der Waals surface area contributed by atoms with E-state index in [1.165, 1.54) is 0 Å². The largest absolute Gasteiger partial charge is 0.464 e. The van der Waals surface area contributed by atoms with Gasteiger partial charge in [-0.3, -0.25) is 0 Å². The summed E-state index contributed by atoms with van der Waals surface area (Å²) in [5.74, 6) is 0.493. The molecule has 2 aliphatic heterocycles. The van der Waals surface area contributed by atoms with Gasteiger partial charge in [0, 0.05) is 32.3 Å². The summed E-state index contributed by atoms with van der Waals surface area (Å²) in [6.45, 7) is 7.15. The number of carbonyl (C=O) groups excluding carboxylic acids is 1. The molecule has 0 N–H and O–H groups in total. The van der Waals surface area contributed by atoms with Crippen LogP contribution >= 0.6 is 11.6 Å². The number of ether oxygens (including phenoxy) is 3. The Balaban J connectivity index is 1.68. The van der Waals surface area contributed by atoms with Crippen LogP contribution in [-0.2, 0) is 9.47 Å². The van der Waals surface area contributed by atoms with Crippen LogP contribution in [0.25, 0.3) is 0 Å². The van der Waals surface area contributed by atoms with E-state index in [1.54, 1.807) is 13.3 Å². The second-order valence-electron chi connectivity index (χ2n) is 7.36. The van der Waals surface area contributed by atoms with E-state index in [1.807, 2.05) is 31.7 Å². The van der Waals surface area contributed by atoms with E-state index in [2.05, 4.69) is 9.88 Å². The Morgan fingerprint density at radius 2 is 2.12 bits per heavy atom. The molecule has 1 aromatic heterocycles. The molecule has 0 saturated carbocycles. The molecule has 0 aliphatic carbocycles. The maximum absolute atomic E-state index is 12.3. The second-order valence-corrected chi connectivity index (χ2v) is 7.72. The Labute approximate surface area is 152 Å². The summed E-state index contributed by atoms with van der Waals surface area (Å²) in [6.07, 6.45) is 2.43. The Kier molecular flexibility index (Phi) is 4.97. The molecule has 0 aromatic carbocycles. The van der Waals surface area contributed by atoms with Gasteiger partial charge in [-0.2, -0.15) is 0 Å². The molecule has 2 saturated heterocycles. The predicted molar refractivity (Wildman–Crippen MR) is 94.2 cm³/mol. The van der Waals surface area contributed by atoms with Gasteiger partial charge in [0.15, 0.2) is 17.7 Å². The van der Waals surface area contributed by atoms with Gasteiger partial charge in [-0.1, -0.05) is 11.6 Å². The number of hydrogen-bond acceptors (Lipinski definition) is 6. The zero-order chi connectivity index (χ0) is 18.2. The van der Waals surface area contributed by atoms with Gasteiger partial charge < -0.3 is 24.0 Å². The van der Waals surface area contributed by atoms with Crippen molar-refractivity contribution in [3.05, 3.63) is 17.4 Å². The number of fused-ring (bicyclic) bond motifs is 2. The van der Waals surface area contributed by atoms with Crippen LogP contribution < -0.4 is 9.64 Å². The van der Waals surface area contributed by atoms with Crippen LogP contribution in [0, 0.1) is 0 Å². The van der Waals surface area contributed by atoms with E-state index in [9.17, 15) is 4.79 Å². The SMILES string of the molecule is COCOc1cc(N2C[C@H]3C[C@@H]2CN3C(=O)OC(C)(C)C)cnc1Cl. The monoisotopic (exact) mass is 369 g/mol. The first-order chi connectivity index (χ1) is 11.8. The zero-order valence-electron chi connectivity index (χ0n) is 15.0. The first kappa shape index (κ1) is 18.1. The molecular weight excluding hydrogens is 346 g/mol. The number of anilines is 1. The number of halogens is 1. The molecule has 2 bridgehead atoms. The van der Waals surface area contributed by atoms with E-state index in [4.69, 9.17) is 25.8 Å². The van der Waals surface area contributed by atoms with Crippen molar-refractivity contribution in [1.29, 1.82) is 0 Å². The number of pyridine rings is 1. The first-order valence-corrected chi connectivity index (χ1v) is 8.70. The summed E-state index contributed by atoms with van der Waals surface area (Å²) < 4.78 is 15.9. The lowest BCUT2D eigenvalue weighted by Crippen LogP contribution is -2.50. The lowest BCUT2D eigenvalue weighted by Gasteiger charge is -2.36. The van der Waals surface area contributed by atoms with E-state index >= 15 is 0 Å². The topological polar surface area (TPSA) is 64.1 Å². The molecular formula is C17H24ClN3O4. The second kappa shape index (κ2) is 6.88. The summed E-state index contributed by atoms with van der Waals surface area (Å²) in [5, 5.41) is 0.306. The molecule has 2 atom stereocenters. The Morgan fingerprint density at radius 1 is 1.36 bits per heavy atom. The summed E-state index contributed by atoms with van der Waals surface area (Å²) in [7, 11) is 1.55. The van der Waals surface area contributed by atoms with Crippen molar-refractivity contribution in [2.24, 2.45) is 0 Å². The van der Waals surface area contributed by atoms with Gasteiger partial charge in [0.1, 0.15) is 5.60 Å². The molecule has 2 aliphatic rings.